The van der Waals surface area contributed by atoms with Crippen molar-refractivity contribution in [2.75, 3.05) is 0 Å². The van der Waals surface area contributed by atoms with Gasteiger partial charge >= 0.3 is 0 Å². The molecule has 0 aliphatic carbocycles. The van der Waals surface area contributed by atoms with Crippen LogP contribution in [-0.4, -0.2) is 0 Å². The number of hydrogen-bond acceptors (Lipinski definition) is 1. The Bertz CT molecular complexity index is 390. The topological polar surface area (TPSA) is 23.8 Å². The van der Waals surface area contributed by atoms with Crippen molar-refractivity contribution in [1.82, 2.24) is 0 Å². The average molecular weight is 196 g/mol. The summed E-state index contributed by atoms with van der Waals surface area (Å²) >= 11 is 5.68. The van der Waals surface area contributed by atoms with Crippen LogP contribution < -0.4 is 0 Å². The molecule has 13 heavy (non-hydrogen) atoms. The van der Waals surface area contributed by atoms with Gasteiger partial charge in [0.05, 0.1) is 11.1 Å². The fourth-order valence-corrected chi connectivity index (χ4v) is 1.15. The van der Waals surface area contributed by atoms with E-state index in [0.29, 0.717) is 0 Å². The van der Waals surface area contributed by atoms with Gasteiger partial charge in [0.25, 0.3) is 0 Å². The molecule has 0 bridgehead atoms. The molecule has 0 spiro atoms. The van der Waals surface area contributed by atoms with Gasteiger partial charge in [-0.2, -0.15) is 5.26 Å². The Morgan fingerprint density at radius 1 is 1.62 bits per heavy atom. The monoisotopic (exact) mass is 195 g/mol. The summed E-state index contributed by atoms with van der Waals surface area (Å²) < 4.78 is 13.1. The van der Waals surface area contributed by atoms with Crippen LogP contribution in [0.15, 0.2) is 24.3 Å². The van der Waals surface area contributed by atoms with E-state index in [1.54, 1.807) is 18.2 Å². The van der Waals surface area contributed by atoms with Crippen LogP contribution in [0.25, 0.3) is 5.03 Å². The summed E-state index contributed by atoms with van der Waals surface area (Å²) in [5.41, 5.74) is 1.17. The highest BCUT2D eigenvalue weighted by molar-refractivity contribution is 6.49. The lowest BCUT2D eigenvalue weighted by atomic mass is 10.1. The van der Waals surface area contributed by atoms with E-state index in [1.807, 2.05) is 6.92 Å². The molecule has 0 aromatic heterocycles. The molecule has 1 nitrogen and oxygen atoms in total. The smallest absolute Gasteiger partial charge is 0.131 e. The molecule has 0 aliphatic rings. The SMILES string of the molecule is Cc1ccc(F)c(/C(Cl)=C/C#N)c1. The molecule has 0 saturated heterocycles. The van der Waals surface area contributed by atoms with Crippen LogP contribution in [0.1, 0.15) is 11.1 Å². The van der Waals surface area contributed by atoms with Crippen molar-refractivity contribution >= 4 is 16.6 Å². The quantitative estimate of drug-likeness (QED) is 0.631. The van der Waals surface area contributed by atoms with E-state index in [9.17, 15) is 4.39 Å². The third-order valence-corrected chi connectivity index (χ3v) is 1.88. The molecule has 1 rings (SSSR count). The Balaban J connectivity index is 3.22. The predicted molar refractivity (Wildman–Crippen MR) is 50.6 cm³/mol. The molecular weight excluding hydrogens is 189 g/mol. The van der Waals surface area contributed by atoms with Gasteiger partial charge in [-0.25, -0.2) is 4.39 Å². The summed E-state index contributed by atoms with van der Waals surface area (Å²) in [5.74, 6) is -0.415. The van der Waals surface area contributed by atoms with E-state index in [-0.39, 0.29) is 10.6 Å². The Morgan fingerprint density at radius 2 is 2.31 bits per heavy atom. The first-order chi connectivity index (χ1) is 6.15. The van der Waals surface area contributed by atoms with Gasteiger partial charge in [0.1, 0.15) is 5.82 Å². The van der Waals surface area contributed by atoms with Gasteiger partial charge in [0.2, 0.25) is 0 Å². The van der Waals surface area contributed by atoms with Gasteiger partial charge in [0, 0.05) is 11.6 Å². The fraction of sp³-hybridized carbons (Fsp3) is 0.100. The fourth-order valence-electron chi connectivity index (χ4n) is 0.957. The van der Waals surface area contributed by atoms with Crippen LogP contribution in [0.3, 0.4) is 0 Å². The first-order valence-corrected chi connectivity index (χ1v) is 4.04. The molecule has 0 aliphatic heterocycles. The Hall–Kier alpha value is -1.33. The number of allylic oxidation sites excluding steroid dienone is 1. The van der Waals surface area contributed by atoms with E-state index in [2.05, 4.69) is 0 Å². The van der Waals surface area contributed by atoms with Crippen LogP contribution in [0.2, 0.25) is 0 Å². The number of nitriles is 1. The summed E-state index contributed by atoms with van der Waals surface area (Å²) in [6.45, 7) is 1.83. The number of benzene rings is 1. The first kappa shape index (κ1) is 9.76. The summed E-state index contributed by atoms with van der Waals surface area (Å²) in [7, 11) is 0. The maximum Gasteiger partial charge on any atom is 0.131 e. The van der Waals surface area contributed by atoms with Crippen molar-refractivity contribution in [2.24, 2.45) is 0 Å². The molecule has 0 amide bonds. The zero-order chi connectivity index (χ0) is 9.84. The second-order valence-electron chi connectivity index (χ2n) is 2.60. The van der Waals surface area contributed by atoms with Crippen LogP contribution in [-0.2, 0) is 0 Å². The summed E-state index contributed by atoms with van der Waals surface area (Å²) in [4.78, 5) is 0. The molecule has 3 heteroatoms. The van der Waals surface area contributed by atoms with E-state index in [1.165, 1.54) is 6.07 Å². The Labute approximate surface area is 81.1 Å². The molecule has 66 valence electrons. The number of nitrogens with zero attached hydrogens (tertiary/aromatic N) is 1. The highest BCUT2D eigenvalue weighted by Gasteiger charge is 2.05. The van der Waals surface area contributed by atoms with E-state index in [0.717, 1.165) is 11.6 Å². The molecule has 0 unspecified atom stereocenters. The van der Waals surface area contributed by atoms with Gasteiger partial charge in [-0.15, -0.1) is 0 Å². The van der Waals surface area contributed by atoms with E-state index >= 15 is 0 Å². The molecule has 0 radical (unpaired) electrons. The maximum absolute atomic E-state index is 13.1. The third kappa shape index (κ3) is 2.30. The normalized spacial score (nSPS) is 11.1. The maximum atomic E-state index is 13.1. The second kappa shape index (κ2) is 4.06. The molecular formula is C10H7ClFN. The summed E-state index contributed by atoms with van der Waals surface area (Å²) in [6, 6.07) is 6.33. The molecule has 0 N–H and O–H groups in total. The number of hydrogen-bond donors (Lipinski definition) is 0. The van der Waals surface area contributed by atoms with Crippen molar-refractivity contribution in [3.63, 3.8) is 0 Å². The van der Waals surface area contributed by atoms with Crippen molar-refractivity contribution < 1.29 is 4.39 Å². The third-order valence-electron chi connectivity index (χ3n) is 1.57. The van der Waals surface area contributed by atoms with Crippen LogP contribution in [0.5, 0.6) is 0 Å². The standard InChI is InChI=1S/C10H7ClFN/c1-7-2-3-10(12)8(6-7)9(11)4-5-13/h2-4,6H,1H3/b9-4-. The minimum Gasteiger partial charge on any atom is -0.206 e. The molecule has 0 heterocycles. The molecule has 1 aromatic rings. The van der Waals surface area contributed by atoms with E-state index < -0.39 is 5.82 Å². The molecule has 0 saturated carbocycles. The highest BCUT2D eigenvalue weighted by Crippen LogP contribution is 2.22. The van der Waals surface area contributed by atoms with Crippen LogP contribution in [0, 0.1) is 24.1 Å². The minimum absolute atomic E-state index is 0.128. The minimum atomic E-state index is -0.415. The second-order valence-corrected chi connectivity index (χ2v) is 3.01. The van der Waals surface area contributed by atoms with Crippen molar-refractivity contribution in [2.45, 2.75) is 6.92 Å². The van der Waals surface area contributed by atoms with Gasteiger partial charge in [-0.05, 0) is 19.1 Å². The predicted octanol–water partition coefficient (Wildman–Crippen LogP) is 3.24. The van der Waals surface area contributed by atoms with E-state index in [4.69, 9.17) is 16.9 Å². The van der Waals surface area contributed by atoms with Crippen LogP contribution in [0.4, 0.5) is 4.39 Å². The van der Waals surface area contributed by atoms with Gasteiger partial charge in [0.15, 0.2) is 0 Å². The van der Waals surface area contributed by atoms with Crippen molar-refractivity contribution in [1.29, 1.82) is 5.26 Å². The van der Waals surface area contributed by atoms with Crippen molar-refractivity contribution in [3.05, 3.63) is 41.2 Å². The first-order valence-electron chi connectivity index (χ1n) is 3.67. The van der Waals surface area contributed by atoms with Gasteiger partial charge < -0.3 is 0 Å². The summed E-state index contributed by atoms with van der Waals surface area (Å²) in [5, 5.41) is 8.45. The molecule has 0 atom stereocenters. The lowest BCUT2D eigenvalue weighted by Crippen LogP contribution is -1.86. The zero-order valence-electron chi connectivity index (χ0n) is 7.01. The Kier molecular flexibility index (Phi) is 3.05. The largest absolute Gasteiger partial charge is 0.206 e. The Morgan fingerprint density at radius 3 is 2.92 bits per heavy atom. The number of aryl methyl sites for hydroxylation is 1. The lowest BCUT2D eigenvalue weighted by molar-refractivity contribution is 0.624. The zero-order valence-corrected chi connectivity index (χ0v) is 7.77. The molecule has 0 fully saturated rings. The van der Waals surface area contributed by atoms with Gasteiger partial charge in [-0.3, -0.25) is 0 Å². The van der Waals surface area contributed by atoms with Crippen molar-refractivity contribution in [3.8, 4) is 6.07 Å². The van der Waals surface area contributed by atoms with Gasteiger partial charge in [-0.1, -0.05) is 23.2 Å². The lowest BCUT2D eigenvalue weighted by Gasteiger charge is -2.01. The highest BCUT2D eigenvalue weighted by atomic mass is 35.5. The molecule has 1 aromatic carbocycles. The number of rotatable bonds is 1. The van der Waals surface area contributed by atoms with Crippen LogP contribution >= 0.6 is 11.6 Å². The summed E-state index contributed by atoms with van der Waals surface area (Å²) in [6.07, 6.45) is 1.11. The number of halogens is 2. The average Bonchev–Trinajstić information content (AvgIpc) is 2.09.